The van der Waals surface area contributed by atoms with Crippen LogP contribution in [0.25, 0.3) is 0 Å². The third-order valence-corrected chi connectivity index (χ3v) is 4.61. The van der Waals surface area contributed by atoms with Gasteiger partial charge >= 0.3 is 0 Å². The Morgan fingerprint density at radius 2 is 2.19 bits per heavy atom. The summed E-state index contributed by atoms with van der Waals surface area (Å²) in [5.41, 5.74) is 0.495. The second kappa shape index (κ2) is 7.84. The second-order valence-electron chi connectivity index (χ2n) is 5.43. The molecule has 7 heteroatoms. The highest BCUT2D eigenvalue weighted by Gasteiger charge is 2.32. The van der Waals surface area contributed by atoms with E-state index < -0.39 is 0 Å². The van der Waals surface area contributed by atoms with Crippen LogP contribution >= 0.6 is 11.3 Å². The van der Waals surface area contributed by atoms with Crippen molar-refractivity contribution < 1.29 is 14.3 Å². The largest absolute Gasteiger partial charge is 0.384 e. The predicted octanol–water partition coefficient (Wildman–Crippen LogP) is 1.04. The number of thiazole rings is 1. The molecule has 0 atom stereocenters. The van der Waals surface area contributed by atoms with Crippen molar-refractivity contribution in [1.29, 1.82) is 0 Å². The Kier molecular flexibility index (Phi) is 6.10. The van der Waals surface area contributed by atoms with E-state index in [1.54, 1.807) is 19.6 Å². The molecule has 0 aromatic carbocycles. The lowest BCUT2D eigenvalue weighted by Crippen LogP contribution is -2.47. The highest BCUT2D eigenvalue weighted by atomic mass is 32.1. The first kappa shape index (κ1) is 16.4. The molecule has 1 saturated heterocycles. The van der Waals surface area contributed by atoms with E-state index in [9.17, 15) is 4.79 Å². The number of rotatable bonds is 7. The third-order valence-electron chi connectivity index (χ3n) is 3.79. The van der Waals surface area contributed by atoms with Crippen LogP contribution in [0.5, 0.6) is 0 Å². The number of carbonyl (C=O) groups is 1. The molecule has 1 aliphatic heterocycles. The maximum absolute atomic E-state index is 12.2. The first-order valence-electron chi connectivity index (χ1n) is 7.10. The Labute approximate surface area is 129 Å². The van der Waals surface area contributed by atoms with Crippen LogP contribution in [-0.4, -0.2) is 51.4 Å². The van der Waals surface area contributed by atoms with Gasteiger partial charge in [0.05, 0.1) is 13.2 Å². The summed E-state index contributed by atoms with van der Waals surface area (Å²) in [6.07, 6.45) is 2.01. The van der Waals surface area contributed by atoms with E-state index in [0.29, 0.717) is 25.5 Å². The van der Waals surface area contributed by atoms with Gasteiger partial charge in [0.2, 0.25) is 0 Å². The van der Waals surface area contributed by atoms with Crippen molar-refractivity contribution in [3.63, 3.8) is 0 Å². The third kappa shape index (κ3) is 4.47. The summed E-state index contributed by atoms with van der Waals surface area (Å²) in [6, 6.07) is 0. The van der Waals surface area contributed by atoms with Crippen molar-refractivity contribution in [1.82, 2.24) is 15.6 Å². The monoisotopic (exact) mass is 313 g/mol. The molecule has 2 N–H and O–H groups in total. The van der Waals surface area contributed by atoms with Crippen LogP contribution in [0.4, 0.5) is 0 Å². The van der Waals surface area contributed by atoms with Gasteiger partial charge in [-0.25, -0.2) is 4.98 Å². The van der Waals surface area contributed by atoms with Gasteiger partial charge in [0.25, 0.3) is 5.91 Å². The van der Waals surface area contributed by atoms with E-state index in [4.69, 9.17) is 9.47 Å². The molecule has 1 fully saturated rings. The number of nitrogens with one attached hydrogen (secondary N) is 2. The van der Waals surface area contributed by atoms with Crippen LogP contribution in [0, 0.1) is 5.41 Å². The molecule has 0 aliphatic carbocycles. The molecule has 0 spiro atoms. The molecule has 2 rings (SSSR count). The molecule has 1 aliphatic rings. The van der Waals surface area contributed by atoms with Crippen LogP contribution in [0.15, 0.2) is 5.38 Å². The number of hydrogen-bond donors (Lipinski definition) is 2. The fraction of sp³-hybridized carbons (Fsp3) is 0.714. The van der Waals surface area contributed by atoms with Gasteiger partial charge in [0.1, 0.15) is 10.7 Å². The summed E-state index contributed by atoms with van der Waals surface area (Å²) < 4.78 is 10.4. The lowest BCUT2D eigenvalue weighted by atomic mass is 9.79. The SMILES string of the molecule is COCc1nc(C(=O)NCC2(COC)CCNCC2)cs1. The maximum atomic E-state index is 12.2. The minimum absolute atomic E-state index is 0.0288. The van der Waals surface area contributed by atoms with Gasteiger partial charge in [-0.15, -0.1) is 11.3 Å². The number of amides is 1. The smallest absolute Gasteiger partial charge is 0.270 e. The quantitative estimate of drug-likeness (QED) is 0.787. The van der Waals surface area contributed by atoms with E-state index in [1.807, 2.05) is 0 Å². The molecule has 2 heterocycles. The number of hydrogen-bond acceptors (Lipinski definition) is 6. The number of carbonyl (C=O) groups excluding carboxylic acids is 1. The Morgan fingerprint density at radius 1 is 1.43 bits per heavy atom. The standard InChI is InChI=1S/C14H23N3O3S/c1-19-7-12-17-11(8-21-12)13(18)16-9-14(10-20-2)3-5-15-6-4-14/h8,15H,3-7,9-10H2,1-2H3,(H,16,18). The topological polar surface area (TPSA) is 72.5 Å². The second-order valence-corrected chi connectivity index (χ2v) is 6.37. The van der Waals surface area contributed by atoms with E-state index >= 15 is 0 Å². The van der Waals surface area contributed by atoms with Crippen molar-refractivity contribution in [2.75, 3.05) is 40.5 Å². The van der Waals surface area contributed by atoms with Gasteiger partial charge in [-0.1, -0.05) is 0 Å². The Hall–Kier alpha value is -1.02. The van der Waals surface area contributed by atoms with Gasteiger partial charge < -0.3 is 20.1 Å². The molecule has 0 bridgehead atoms. The Bertz CT molecular complexity index is 453. The van der Waals surface area contributed by atoms with Crippen LogP contribution in [0.2, 0.25) is 0 Å². The molecule has 118 valence electrons. The van der Waals surface area contributed by atoms with Crippen LogP contribution in [-0.2, 0) is 16.1 Å². The fourth-order valence-electron chi connectivity index (χ4n) is 2.60. The molecule has 6 nitrogen and oxygen atoms in total. The van der Waals surface area contributed by atoms with Crippen LogP contribution < -0.4 is 10.6 Å². The number of ether oxygens (including phenoxy) is 2. The number of aromatic nitrogens is 1. The molecule has 0 unspecified atom stereocenters. The zero-order valence-electron chi connectivity index (χ0n) is 12.6. The molecule has 1 aromatic heterocycles. The lowest BCUT2D eigenvalue weighted by Gasteiger charge is -2.37. The van der Waals surface area contributed by atoms with Gasteiger partial charge in [0.15, 0.2) is 0 Å². The molecular formula is C14H23N3O3S. The summed E-state index contributed by atoms with van der Waals surface area (Å²) >= 11 is 1.44. The summed E-state index contributed by atoms with van der Waals surface area (Å²) in [6.45, 7) is 3.67. The van der Waals surface area contributed by atoms with Gasteiger partial charge in [-0.2, -0.15) is 0 Å². The molecule has 0 saturated carbocycles. The fourth-order valence-corrected chi connectivity index (χ4v) is 3.34. The summed E-state index contributed by atoms with van der Waals surface area (Å²) in [5, 5.41) is 8.94. The molecule has 1 aromatic rings. The summed E-state index contributed by atoms with van der Waals surface area (Å²) in [7, 11) is 3.33. The van der Waals surface area contributed by atoms with Crippen molar-refractivity contribution in [3.8, 4) is 0 Å². The summed E-state index contributed by atoms with van der Waals surface area (Å²) in [5.74, 6) is -0.123. The summed E-state index contributed by atoms with van der Waals surface area (Å²) in [4.78, 5) is 16.5. The highest BCUT2D eigenvalue weighted by molar-refractivity contribution is 7.09. The first-order valence-corrected chi connectivity index (χ1v) is 7.98. The number of piperidine rings is 1. The van der Waals surface area contributed by atoms with Crippen molar-refractivity contribution in [3.05, 3.63) is 16.1 Å². The minimum Gasteiger partial charge on any atom is -0.384 e. The molecule has 0 radical (unpaired) electrons. The molecule has 21 heavy (non-hydrogen) atoms. The van der Waals surface area contributed by atoms with E-state index in [-0.39, 0.29) is 11.3 Å². The van der Waals surface area contributed by atoms with Crippen molar-refractivity contribution >= 4 is 17.2 Å². The van der Waals surface area contributed by atoms with Crippen LogP contribution in [0.1, 0.15) is 28.3 Å². The zero-order chi connectivity index (χ0) is 15.1. The van der Waals surface area contributed by atoms with E-state index in [0.717, 1.165) is 30.9 Å². The van der Waals surface area contributed by atoms with Crippen molar-refractivity contribution in [2.45, 2.75) is 19.4 Å². The molecular weight excluding hydrogens is 290 g/mol. The van der Waals surface area contributed by atoms with Gasteiger partial charge in [-0.05, 0) is 25.9 Å². The average Bonchev–Trinajstić information content (AvgIpc) is 2.95. The molecule has 1 amide bonds. The maximum Gasteiger partial charge on any atom is 0.270 e. The van der Waals surface area contributed by atoms with Crippen LogP contribution in [0.3, 0.4) is 0 Å². The van der Waals surface area contributed by atoms with E-state index in [2.05, 4.69) is 15.6 Å². The minimum atomic E-state index is -0.123. The number of nitrogens with zero attached hydrogens (tertiary/aromatic N) is 1. The van der Waals surface area contributed by atoms with Gasteiger partial charge in [0, 0.05) is 31.6 Å². The first-order chi connectivity index (χ1) is 10.2. The lowest BCUT2D eigenvalue weighted by molar-refractivity contribution is 0.0511. The Balaban J connectivity index is 1.91. The van der Waals surface area contributed by atoms with Crippen molar-refractivity contribution in [2.24, 2.45) is 5.41 Å². The highest BCUT2D eigenvalue weighted by Crippen LogP contribution is 2.28. The predicted molar refractivity (Wildman–Crippen MR) is 81.6 cm³/mol. The van der Waals surface area contributed by atoms with Gasteiger partial charge in [-0.3, -0.25) is 4.79 Å². The average molecular weight is 313 g/mol. The Morgan fingerprint density at radius 3 is 2.86 bits per heavy atom. The van der Waals surface area contributed by atoms with E-state index in [1.165, 1.54) is 11.3 Å². The number of methoxy groups -OCH3 is 2. The normalized spacial score (nSPS) is 17.6. The zero-order valence-corrected chi connectivity index (χ0v) is 13.4.